The van der Waals surface area contributed by atoms with Crippen molar-refractivity contribution in [2.45, 2.75) is 344 Å². The van der Waals surface area contributed by atoms with Crippen molar-refractivity contribution in [3.8, 4) is 34.9 Å². The first-order valence-electron chi connectivity index (χ1n) is 51.1. The number of ketones is 2. The zero-order chi connectivity index (χ0) is 102. The summed E-state index contributed by atoms with van der Waals surface area (Å²) >= 11 is 0. The maximum absolute atomic E-state index is 15.9. The number of benzene rings is 3. The molecule has 3 saturated heterocycles. The maximum atomic E-state index is 15.9. The van der Waals surface area contributed by atoms with Gasteiger partial charge in [-0.1, -0.05) is 128 Å². The number of hydrogen-bond acceptors (Lipinski definition) is 28. The number of ether oxygens (including phenoxy) is 9. The Hall–Kier alpha value is -11.4. The van der Waals surface area contributed by atoms with Crippen molar-refractivity contribution in [1.29, 1.82) is 0 Å². The van der Waals surface area contributed by atoms with Gasteiger partial charge in [0.1, 0.15) is 94.4 Å². The second kappa shape index (κ2) is 44.1. The van der Waals surface area contributed by atoms with Gasteiger partial charge in [0.15, 0.2) is 30.5 Å². The SMILES string of the molecule is CC(=O)[C@@H]1[C@H](C)[C@@H]2CN1C(=O)[C@H](C(C)(C)C)NC(=O)O[C@@H]1CC3CC3[C@H]1CCCCCc1nc3ccc(OCc4ncc(C)o4)cc3nc1O2.CC(=O)[C@@H]1[C@H](C)[C@@H]2CN1C(=O)[C@H](C(C)(C)C)NC(=O)O[C@]1(C)CCC[C@H]1CCCCCc1nc3ccc(OCc4ncc(C)o4)cc3nc1O2.CC[C@@H]1[C@@H]2CN(C(=O)[C@H](C(C)(C)C)NC(=O)O[C@@H]3C[C@H]3CCCCC(F)(F)c3nc4ccc(OC)cc4nc3O2)[C@@H]1[C-]=O.[HH].[V]. The summed E-state index contributed by atoms with van der Waals surface area (Å²) in [6.45, 7) is 31.8. The number of nitrogens with one attached hydrogen (secondary N) is 3. The molecule has 3 aromatic carbocycles. The number of amides is 6. The van der Waals surface area contributed by atoms with Crippen LogP contribution in [0.3, 0.4) is 0 Å². The average molecular weight is 2030 g/mol. The van der Waals surface area contributed by atoms with Crippen molar-refractivity contribution in [2.75, 3.05) is 26.7 Å². The van der Waals surface area contributed by atoms with Crippen molar-refractivity contribution in [1.82, 2.24) is 70.5 Å². The first kappa shape index (κ1) is 107. The Labute approximate surface area is 852 Å². The molecular formula is C107H141F2N14O20V-. The molecule has 144 heavy (non-hydrogen) atoms. The molecule has 20 atom stereocenters. The summed E-state index contributed by atoms with van der Waals surface area (Å²) in [6, 6.07) is 10.6. The summed E-state index contributed by atoms with van der Waals surface area (Å²) in [6.07, 6.45) is 16.9. The zero-order valence-electron chi connectivity index (χ0n) is 86.0. The van der Waals surface area contributed by atoms with Crippen LogP contribution in [0.4, 0.5) is 23.2 Å². The van der Waals surface area contributed by atoms with Crippen molar-refractivity contribution in [2.24, 2.45) is 63.6 Å². The van der Waals surface area contributed by atoms with Crippen LogP contribution in [0.5, 0.6) is 34.9 Å². The predicted octanol–water partition coefficient (Wildman–Crippen LogP) is 17.6. The third-order valence-corrected chi connectivity index (χ3v) is 30.5. The zero-order valence-corrected chi connectivity index (χ0v) is 87.4. The first-order chi connectivity index (χ1) is 67.9. The van der Waals surface area contributed by atoms with Crippen LogP contribution in [0, 0.1) is 77.4 Å². The van der Waals surface area contributed by atoms with Crippen molar-refractivity contribution in [3.63, 3.8) is 0 Å². The number of Topliss-reactive ketones (excluding diaryl/α,β-unsaturated/α-hetero) is 2. The molecule has 7 fully saturated rings. The van der Waals surface area contributed by atoms with Gasteiger partial charge in [0.25, 0.3) is 5.92 Å². The van der Waals surface area contributed by atoms with Gasteiger partial charge in [0, 0.05) is 56.4 Å². The van der Waals surface area contributed by atoms with E-state index in [9.17, 15) is 43.2 Å². The van der Waals surface area contributed by atoms with Crippen molar-refractivity contribution in [3.05, 3.63) is 107 Å². The molecule has 8 aromatic rings. The van der Waals surface area contributed by atoms with E-state index in [1.165, 1.54) is 32.3 Å². The van der Waals surface area contributed by atoms with Crippen LogP contribution in [0.2, 0.25) is 0 Å². The largest absolute Gasteiger partial charge is 0.540 e. The molecule has 779 valence electrons. The van der Waals surface area contributed by atoms with Gasteiger partial charge >= 0.3 is 18.3 Å². The summed E-state index contributed by atoms with van der Waals surface area (Å²) in [5.74, 6) is 0.326. The van der Waals surface area contributed by atoms with Crippen LogP contribution < -0.4 is 44.4 Å². The minimum atomic E-state index is -3.36. The van der Waals surface area contributed by atoms with E-state index in [0.29, 0.717) is 131 Å². The number of oxazole rings is 2. The molecule has 10 aliphatic rings. The molecule has 0 spiro atoms. The van der Waals surface area contributed by atoms with E-state index in [2.05, 4.69) is 35.9 Å². The quantitative estimate of drug-likeness (QED) is 0.0799. The van der Waals surface area contributed by atoms with Gasteiger partial charge in [0.05, 0.1) is 84.3 Å². The fourth-order valence-electron chi connectivity index (χ4n) is 22.4. The van der Waals surface area contributed by atoms with E-state index in [-0.39, 0.29) is 130 Å². The van der Waals surface area contributed by atoms with Crippen LogP contribution in [-0.4, -0.2) is 208 Å². The van der Waals surface area contributed by atoms with Gasteiger partial charge in [-0.15, -0.1) is 0 Å². The number of alkyl halides is 2. The van der Waals surface area contributed by atoms with Crippen LogP contribution in [0.15, 0.2) is 75.8 Å². The van der Waals surface area contributed by atoms with E-state index < -0.39 is 125 Å². The smallest absolute Gasteiger partial charge is 0.408 e. The molecule has 6 aliphatic heterocycles. The van der Waals surface area contributed by atoms with E-state index in [4.69, 9.17) is 71.4 Å². The van der Waals surface area contributed by atoms with Crippen molar-refractivity contribution >= 4 is 87.0 Å². The molecule has 6 amide bonds. The number of alkyl carbamates (subject to hydrolysis) is 3. The van der Waals surface area contributed by atoms with Crippen LogP contribution in [0.1, 0.15) is 268 Å². The number of nitrogens with zero attached hydrogens (tertiary/aromatic N) is 11. The summed E-state index contributed by atoms with van der Waals surface area (Å²) < 4.78 is 97.3. The summed E-state index contributed by atoms with van der Waals surface area (Å²) in [5.41, 5.74) is 1.52. The predicted molar refractivity (Wildman–Crippen MR) is 524 cm³/mol. The number of rotatable bonds is 11. The van der Waals surface area contributed by atoms with Gasteiger partial charge < -0.3 is 86.9 Å². The van der Waals surface area contributed by atoms with Gasteiger partial charge in [-0.25, -0.2) is 60.5 Å². The molecule has 37 heteroatoms. The monoisotopic (exact) mass is 2030 g/mol. The molecule has 5 aromatic heterocycles. The number of aromatic nitrogens is 8. The Kier molecular flexibility index (Phi) is 32.7. The Morgan fingerprint density at radius 2 is 0.958 bits per heavy atom. The fraction of sp³-hybridized carbons (Fsp3) is 0.636. The third kappa shape index (κ3) is 24.4. The Morgan fingerprint density at radius 1 is 0.507 bits per heavy atom. The molecule has 4 aliphatic carbocycles. The topological polar surface area (TPSA) is 412 Å². The molecule has 3 N–H and O–H groups in total. The second-order valence-electron chi connectivity index (χ2n) is 44.4. The Balaban J connectivity index is 0.000000172. The van der Waals surface area contributed by atoms with Crippen LogP contribution >= 0.6 is 0 Å². The van der Waals surface area contributed by atoms with E-state index in [1.807, 2.05) is 126 Å². The number of carbonyl (C=O) groups is 8. The number of halogens is 2. The number of methoxy groups -OCH3 is 1. The number of carbonyl (C=O) groups excluding carboxylic acids is 9. The number of hydrogen-bond donors (Lipinski definition) is 3. The molecule has 6 bridgehead atoms. The first-order valence-corrected chi connectivity index (χ1v) is 51.1. The van der Waals surface area contributed by atoms with Gasteiger partial charge in [-0.2, -0.15) is 8.78 Å². The van der Waals surface area contributed by atoms with Gasteiger partial charge in [-0.3, -0.25) is 24.0 Å². The maximum Gasteiger partial charge on any atom is 0.408 e. The standard InChI is InChI=1S/C38H49N5O7.C38H51N5O7.C31H39F2N4O6.V.H2/c1-20-17-39-32(48-20)19-47-24-12-13-27-29(16-24)41-35-28(40-27)11-9-7-8-10-25-26-14-23(26)15-30(25)50-37(46)42-34(38(4,5)6)36(45)43-18-31(49-35)21(2)33(43)22(3)44;1-22-19-39-31(48-22)21-47-26-15-16-27-29(18-26)41-34-28(40-27)14-10-8-9-12-25-13-11-17-38(25,7)50-36(46)42-33(37(4,5)6)35(45)43-20-30(49-34)23(2)32(43)24(3)44;1-6-19-22(16-38)37-15-24(19)42-27-25(34-20-11-10-18(41-5)14-21(20)35-27)31(32,33)12-8-7-9-17-13-23(17)43-29(40)36-26(28(37)39)30(2,3)4;;/h12-13,16-17,21,23,25-26,30-31,33-34H,7-11,14-15,18-19H2,1-6H3,(H,42,46);15-16,18-19,23,25,30,32-33H,8-14,17,20-21H2,1-7H3,(H,42,46);10-11,14,17,19,22-24,26H,6-9,12-13,15H2,1-5H3,(H,36,40);;1H/q;;-1;;/t21-,23?,25-,26?,30-,31+,33+,34-;23-,25-,30+,32+,33-,38-;17-,19+,22-,23-,24+,26-;;/m111../s1. The normalized spacial score (nSPS) is 29.1. The minimum absolute atomic E-state index is 0. The molecule has 11 heterocycles. The average Bonchev–Trinajstić information content (AvgIpc) is 1.61. The van der Waals surface area contributed by atoms with E-state index in [1.54, 1.807) is 61.2 Å². The van der Waals surface area contributed by atoms with E-state index in [0.717, 1.165) is 94.0 Å². The van der Waals surface area contributed by atoms with Crippen molar-refractivity contribution < 1.29 is 123 Å². The van der Waals surface area contributed by atoms with Crippen LogP contribution in [0.25, 0.3) is 33.1 Å². The summed E-state index contributed by atoms with van der Waals surface area (Å²) in [7, 11) is 1.49. The summed E-state index contributed by atoms with van der Waals surface area (Å²) in [5, 5.41) is 8.57. The molecule has 2 unspecified atom stereocenters. The Morgan fingerprint density at radius 3 is 1.45 bits per heavy atom. The Bertz CT molecular complexity index is 5890. The van der Waals surface area contributed by atoms with Crippen LogP contribution in [-0.2, 0) is 93.5 Å². The number of fused-ring (bicyclic) bond motifs is 17. The van der Waals surface area contributed by atoms with E-state index >= 15 is 8.78 Å². The molecule has 4 saturated carbocycles. The molecular weight excluding hydrogens is 1890 g/mol. The third-order valence-electron chi connectivity index (χ3n) is 30.5. The fourth-order valence-corrected chi connectivity index (χ4v) is 22.4. The summed E-state index contributed by atoms with van der Waals surface area (Å²) in [4.78, 5) is 163. The molecule has 34 nitrogen and oxygen atoms in total. The minimum Gasteiger partial charge on any atom is -0.540 e. The molecule has 1 radical (unpaired) electrons. The van der Waals surface area contributed by atoms with Gasteiger partial charge in [-0.05, 0) is 213 Å². The van der Waals surface area contributed by atoms with Gasteiger partial charge in [0.2, 0.25) is 47.1 Å². The molecule has 18 rings (SSSR count). The number of aryl methyl sites for hydroxylation is 4. The second-order valence-corrected chi connectivity index (χ2v) is 44.4.